The number of nitrogens with one attached hydrogen (secondary N) is 2. The highest BCUT2D eigenvalue weighted by atomic mass is 79.9. The molecule has 0 spiro atoms. The molecule has 0 bridgehead atoms. The minimum absolute atomic E-state index is 0.0249. The normalized spacial score (nSPS) is 11.1. The maximum atomic E-state index is 12.3. The molecule has 136 valence electrons. The zero-order valence-corrected chi connectivity index (χ0v) is 15.7. The summed E-state index contributed by atoms with van der Waals surface area (Å²) in [4.78, 5) is 24.3. The van der Waals surface area contributed by atoms with E-state index in [1.54, 1.807) is 42.5 Å². The molecule has 1 aromatic heterocycles. The van der Waals surface area contributed by atoms with E-state index in [4.69, 9.17) is 10.3 Å². The first kappa shape index (κ1) is 18.6. The second kappa shape index (κ2) is 8.48. The lowest BCUT2D eigenvalue weighted by Gasteiger charge is -2.08. The van der Waals surface area contributed by atoms with E-state index in [1.165, 1.54) is 6.08 Å². The SMILES string of the molecule is NNC(=O)/C(=C/c1ccc(-c2ccc(Br)cc2)o1)NC(=O)c1ccccc1. The smallest absolute Gasteiger partial charge is 0.281 e. The van der Waals surface area contributed by atoms with Crippen LogP contribution in [-0.2, 0) is 4.79 Å². The molecular formula is C20H16BrN3O3. The molecule has 3 aromatic rings. The first-order valence-corrected chi connectivity index (χ1v) is 8.81. The molecule has 0 aliphatic carbocycles. The third kappa shape index (κ3) is 4.72. The second-order valence-corrected chi connectivity index (χ2v) is 6.48. The predicted molar refractivity (Wildman–Crippen MR) is 106 cm³/mol. The van der Waals surface area contributed by atoms with Crippen LogP contribution >= 0.6 is 15.9 Å². The van der Waals surface area contributed by atoms with Crippen molar-refractivity contribution in [1.29, 1.82) is 0 Å². The number of hydrogen-bond acceptors (Lipinski definition) is 4. The van der Waals surface area contributed by atoms with Gasteiger partial charge in [0.1, 0.15) is 17.2 Å². The van der Waals surface area contributed by atoms with Crippen LogP contribution in [0.4, 0.5) is 0 Å². The molecule has 0 unspecified atom stereocenters. The monoisotopic (exact) mass is 425 g/mol. The minimum Gasteiger partial charge on any atom is -0.457 e. The molecule has 27 heavy (non-hydrogen) atoms. The van der Waals surface area contributed by atoms with Gasteiger partial charge in [-0.05, 0) is 36.4 Å². The van der Waals surface area contributed by atoms with Crippen LogP contribution in [0.3, 0.4) is 0 Å². The van der Waals surface area contributed by atoms with Crippen LogP contribution in [0, 0.1) is 0 Å². The van der Waals surface area contributed by atoms with Crippen molar-refractivity contribution in [2.75, 3.05) is 0 Å². The average molecular weight is 426 g/mol. The summed E-state index contributed by atoms with van der Waals surface area (Å²) in [7, 11) is 0. The van der Waals surface area contributed by atoms with E-state index in [0.717, 1.165) is 10.0 Å². The number of carbonyl (C=O) groups excluding carboxylic acids is 2. The molecule has 2 amide bonds. The zero-order valence-electron chi connectivity index (χ0n) is 14.1. The predicted octanol–water partition coefficient (Wildman–Crippen LogP) is 3.47. The van der Waals surface area contributed by atoms with Gasteiger partial charge in [-0.1, -0.05) is 46.3 Å². The molecular weight excluding hydrogens is 410 g/mol. The lowest BCUT2D eigenvalue weighted by atomic mass is 10.2. The van der Waals surface area contributed by atoms with Crippen LogP contribution in [0.1, 0.15) is 16.1 Å². The summed E-state index contributed by atoms with van der Waals surface area (Å²) in [6.07, 6.45) is 1.42. The molecule has 4 N–H and O–H groups in total. The molecule has 0 saturated heterocycles. The van der Waals surface area contributed by atoms with Gasteiger partial charge in [-0.25, -0.2) is 5.84 Å². The maximum absolute atomic E-state index is 12.3. The van der Waals surface area contributed by atoms with E-state index in [-0.39, 0.29) is 5.70 Å². The Balaban J connectivity index is 1.85. The summed E-state index contributed by atoms with van der Waals surface area (Å²) < 4.78 is 6.72. The van der Waals surface area contributed by atoms with Crippen LogP contribution in [0.25, 0.3) is 17.4 Å². The fourth-order valence-electron chi connectivity index (χ4n) is 2.36. The van der Waals surface area contributed by atoms with Crippen molar-refractivity contribution in [1.82, 2.24) is 10.7 Å². The third-order valence-corrected chi connectivity index (χ3v) is 4.23. The fraction of sp³-hybridized carbons (Fsp3) is 0. The summed E-state index contributed by atoms with van der Waals surface area (Å²) in [5, 5.41) is 2.55. The summed E-state index contributed by atoms with van der Waals surface area (Å²) in [5.41, 5.74) is 3.30. The van der Waals surface area contributed by atoms with Crippen LogP contribution in [-0.4, -0.2) is 11.8 Å². The lowest BCUT2D eigenvalue weighted by Crippen LogP contribution is -2.38. The number of halogens is 1. The van der Waals surface area contributed by atoms with E-state index in [0.29, 0.717) is 17.1 Å². The second-order valence-electron chi connectivity index (χ2n) is 5.56. The molecule has 3 rings (SSSR count). The first-order chi connectivity index (χ1) is 13.1. The Morgan fingerprint density at radius 3 is 2.33 bits per heavy atom. The number of rotatable bonds is 5. The van der Waals surface area contributed by atoms with Gasteiger partial charge in [0, 0.05) is 21.7 Å². The van der Waals surface area contributed by atoms with Gasteiger partial charge < -0.3 is 9.73 Å². The van der Waals surface area contributed by atoms with Crippen molar-refractivity contribution in [3.8, 4) is 11.3 Å². The minimum atomic E-state index is -0.638. The van der Waals surface area contributed by atoms with E-state index < -0.39 is 11.8 Å². The number of nitrogens with two attached hydrogens (primary N) is 1. The molecule has 0 radical (unpaired) electrons. The highest BCUT2D eigenvalue weighted by Gasteiger charge is 2.14. The molecule has 1 heterocycles. The number of hydrazine groups is 1. The summed E-state index contributed by atoms with van der Waals surface area (Å²) in [6.45, 7) is 0. The standard InChI is InChI=1S/C20H16BrN3O3/c21-15-8-6-13(7-9-15)18-11-10-16(27-18)12-17(20(26)24-22)23-19(25)14-4-2-1-3-5-14/h1-12H,22H2,(H,23,25)(H,24,26)/b17-12-. The Kier molecular flexibility index (Phi) is 5.85. The lowest BCUT2D eigenvalue weighted by molar-refractivity contribution is -0.117. The van der Waals surface area contributed by atoms with E-state index >= 15 is 0 Å². The maximum Gasteiger partial charge on any atom is 0.281 e. The number of amides is 2. The van der Waals surface area contributed by atoms with Crippen LogP contribution in [0.5, 0.6) is 0 Å². The molecule has 0 saturated carbocycles. The molecule has 6 nitrogen and oxygen atoms in total. The molecule has 2 aromatic carbocycles. The quantitative estimate of drug-likeness (QED) is 0.252. The summed E-state index contributed by atoms with van der Waals surface area (Å²) in [5.74, 6) is 5.20. The Bertz CT molecular complexity index is 979. The van der Waals surface area contributed by atoms with Crippen LogP contribution in [0.15, 0.2) is 81.3 Å². The van der Waals surface area contributed by atoms with Crippen molar-refractivity contribution in [2.45, 2.75) is 0 Å². The summed E-state index contributed by atoms with van der Waals surface area (Å²) in [6, 6.07) is 19.7. The van der Waals surface area contributed by atoms with Gasteiger partial charge in [-0.15, -0.1) is 0 Å². The zero-order chi connectivity index (χ0) is 19.2. The van der Waals surface area contributed by atoms with Crippen molar-refractivity contribution < 1.29 is 14.0 Å². The molecule has 0 fully saturated rings. The topological polar surface area (TPSA) is 97.4 Å². The molecule has 7 heteroatoms. The number of carbonyl (C=O) groups is 2. The molecule has 0 aliphatic heterocycles. The number of benzene rings is 2. The van der Waals surface area contributed by atoms with Gasteiger partial charge in [0.2, 0.25) is 0 Å². The molecule has 0 aliphatic rings. The number of furan rings is 1. The van der Waals surface area contributed by atoms with Crippen molar-refractivity contribution >= 4 is 33.8 Å². The van der Waals surface area contributed by atoms with Gasteiger partial charge in [0.25, 0.3) is 11.8 Å². The Hall–Kier alpha value is -3.16. The highest BCUT2D eigenvalue weighted by Crippen LogP contribution is 2.24. The Morgan fingerprint density at radius 1 is 0.963 bits per heavy atom. The van der Waals surface area contributed by atoms with Gasteiger partial charge >= 0.3 is 0 Å². The van der Waals surface area contributed by atoms with Crippen molar-refractivity contribution in [2.24, 2.45) is 5.84 Å². The van der Waals surface area contributed by atoms with E-state index in [2.05, 4.69) is 21.2 Å². The number of hydrogen-bond donors (Lipinski definition) is 3. The van der Waals surface area contributed by atoms with Gasteiger partial charge in [0.15, 0.2) is 0 Å². The summed E-state index contributed by atoms with van der Waals surface area (Å²) >= 11 is 3.39. The average Bonchev–Trinajstić information content (AvgIpc) is 3.16. The Labute approximate surface area is 164 Å². The highest BCUT2D eigenvalue weighted by molar-refractivity contribution is 9.10. The molecule has 0 atom stereocenters. The van der Waals surface area contributed by atoms with Gasteiger partial charge in [-0.2, -0.15) is 0 Å². The van der Waals surface area contributed by atoms with E-state index in [1.807, 2.05) is 29.7 Å². The van der Waals surface area contributed by atoms with Crippen molar-refractivity contribution in [3.05, 3.63) is 88.2 Å². The van der Waals surface area contributed by atoms with Crippen LogP contribution in [0.2, 0.25) is 0 Å². The van der Waals surface area contributed by atoms with Crippen LogP contribution < -0.4 is 16.6 Å². The Morgan fingerprint density at radius 2 is 1.67 bits per heavy atom. The fourth-order valence-corrected chi connectivity index (χ4v) is 2.63. The third-order valence-electron chi connectivity index (χ3n) is 3.70. The first-order valence-electron chi connectivity index (χ1n) is 8.01. The van der Waals surface area contributed by atoms with Crippen molar-refractivity contribution in [3.63, 3.8) is 0 Å². The largest absolute Gasteiger partial charge is 0.457 e. The van der Waals surface area contributed by atoms with E-state index in [9.17, 15) is 9.59 Å². The van der Waals surface area contributed by atoms with Gasteiger partial charge in [-0.3, -0.25) is 15.0 Å². The van der Waals surface area contributed by atoms with Gasteiger partial charge in [0.05, 0.1) is 0 Å².